The first-order valence-corrected chi connectivity index (χ1v) is 9.02. The molecule has 27 heavy (non-hydrogen) atoms. The molecule has 0 amide bonds. The third-order valence-corrected chi connectivity index (χ3v) is 4.26. The van der Waals surface area contributed by atoms with Gasteiger partial charge in [0.1, 0.15) is 11.6 Å². The van der Waals surface area contributed by atoms with Crippen LogP contribution >= 0.6 is 0 Å². The minimum atomic E-state index is -0.234. The number of rotatable bonds is 6. The number of likely N-dealkylation sites (N-methyl/N-ethyl adjacent to an activating group) is 1. The van der Waals surface area contributed by atoms with E-state index in [0.717, 1.165) is 11.3 Å². The van der Waals surface area contributed by atoms with Gasteiger partial charge in [-0.25, -0.2) is 9.37 Å². The Morgan fingerprint density at radius 3 is 2.41 bits per heavy atom. The van der Waals surface area contributed by atoms with Crippen LogP contribution in [-0.2, 0) is 12.0 Å². The van der Waals surface area contributed by atoms with E-state index >= 15 is 0 Å². The Bertz CT molecular complexity index is 746. The molecular weight excluding hydrogens is 345 g/mol. The highest BCUT2D eigenvalue weighted by atomic mass is 19.1. The second kappa shape index (κ2) is 8.99. The number of nitrogens with zero attached hydrogens (tertiary/aromatic N) is 3. The Balaban J connectivity index is 1.93. The van der Waals surface area contributed by atoms with Gasteiger partial charge in [0.2, 0.25) is 5.89 Å². The van der Waals surface area contributed by atoms with Crippen LogP contribution in [0.2, 0.25) is 0 Å². The molecular formula is C20H30FN5O. The highest BCUT2D eigenvalue weighted by molar-refractivity contribution is 5.79. The quantitative estimate of drug-likeness (QED) is 0.600. The molecule has 0 bridgehead atoms. The molecule has 1 aromatic carbocycles. The monoisotopic (exact) mass is 375 g/mol. The van der Waals surface area contributed by atoms with Gasteiger partial charge in [0.05, 0.1) is 18.8 Å². The fraction of sp³-hybridized carbons (Fsp3) is 0.500. The lowest BCUT2D eigenvalue weighted by molar-refractivity contribution is 0.298. The summed E-state index contributed by atoms with van der Waals surface area (Å²) in [6, 6.07) is 6.65. The fourth-order valence-electron chi connectivity index (χ4n) is 2.60. The van der Waals surface area contributed by atoms with Crippen LogP contribution < -0.4 is 10.6 Å². The third kappa shape index (κ3) is 6.06. The lowest BCUT2D eigenvalue weighted by Gasteiger charge is -2.26. The first-order chi connectivity index (χ1) is 12.7. The van der Waals surface area contributed by atoms with Gasteiger partial charge < -0.3 is 20.0 Å². The van der Waals surface area contributed by atoms with Gasteiger partial charge in [-0.2, -0.15) is 0 Å². The summed E-state index contributed by atoms with van der Waals surface area (Å²) in [6.45, 7) is 7.32. The molecule has 2 N–H and O–H groups in total. The summed E-state index contributed by atoms with van der Waals surface area (Å²) >= 11 is 0. The smallest absolute Gasteiger partial charge is 0.213 e. The zero-order valence-electron chi connectivity index (χ0n) is 17.0. The van der Waals surface area contributed by atoms with Crippen LogP contribution in [0.1, 0.15) is 44.0 Å². The van der Waals surface area contributed by atoms with Crippen LogP contribution in [0.15, 0.2) is 39.9 Å². The molecule has 7 heteroatoms. The maximum atomic E-state index is 13.2. The Morgan fingerprint density at radius 1 is 1.22 bits per heavy atom. The first kappa shape index (κ1) is 20.9. The van der Waals surface area contributed by atoms with Crippen molar-refractivity contribution in [3.05, 3.63) is 53.5 Å². The van der Waals surface area contributed by atoms with Crippen molar-refractivity contribution in [2.75, 3.05) is 27.7 Å². The van der Waals surface area contributed by atoms with Crippen LogP contribution in [0.3, 0.4) is 0 Å². The molecule has 1 aromatic heterocycles. The molecule has 0 saturated carbocycles. The molecule has 2 aromatic rings. The number of hydrogen-bond donors (Lipinski definition) is 2. The van der Waals surface area contributed by atoms with Gasteiger partial charge in [-0.15, -0.1) is 0 Å². The number of nitrogens with one attached hydrogen (secondary N) is 2. The SMILES string of the molecule is CN=C(NCc1ncc(C(C)(C)C)o1)NCC(c1ccc(F)cc1)N(C)C. The predicted octanol–water partition coefficient (Wildman–Crippen LogP) is 3.08. The van der Waals surface area contributed by atoms with Crippen molar-refractivity contribution in [3.8, 4) is 0 Å². The fourth-order valence-corrected chi connectivity index (χ4v) is 2.60. The van der Waals surface area contributed by atoms with E-state index in [0.29, 0.717) is 24.9 Å². The van der Waals surface area contributed by atoms with Crippen molar-refractivity contribution >= 4 is 5.96 Å². The van der Waals surface area contributed by atoms with Crippen molar-refractivity contribution < 1.29 is 8.81 Å². The van der Waals surface area contributed by atoms with Crippen molar-refractivity contribution in [1.82, 2.24) is 20.5 Å². The van der Waals surface area contributed by atoms with Gasteiger partial charge in [0.15, 0.2) is 5.96 Å². The molecule has 0 aliphatic heterocycles. The van der Waals surface area contributed by atoms with Crippen LogP contribution in [0, 0.1) is 5.82 Å². The van der Waals surface area contributed by atoms with E-state index in [2.05, 4.69) is 46.3 Å². The summed E-state index contributed by atoms with van der Waals surface area (Å²) in [5, 5.41) is 6.51. The average Bonchev–Trinajstić information content (AvgIpc) is 3.08. The van der Waals surface area contributed by atoms with Crippen molar-refractivity contribution in [1.29, 1.82) is 0 Å². The van der Waals surface area contributed by atoms with Crippen molar-refractivity contribution in [3.63, 3.8) is 0 Å². The summed E-state index contributed by atoms with van der Waals surface area (Å²) in [5.41, 5.74) is 0.964. The first-order valence-electron chi connectivity index (χ1n) is 9.02. The van der Waals surface area contributed by atoms with E-state index in [1.54, 1.807) is 25.4 Å². The van der Waals surface area contributed by atoms with E-state index in [1.807, 2.05) is 14.1 Å². The molecule has 1 atom stereocenters. The second-order valence-electron chi connectivity index (χ2n) is 7.71. The maximum absolute atomic E-state index is 13.2. The molecule has 1 heterocycles. The van der Waals surface area contributed by atoms with Gasteiger partial charge in [-0.3, -0.25) is 4.99 Å². The van der Waals surface area contributed by atoms with Crippen molar-refractivity contribution in [2.45, 2.75) is 38.8 Å². The zero-order valence-corrected chi connectivity index (χ0v) is 17.0. The van der Waals surface area contributed by atoms with E-state index in [9.17, 15) is 4.39 Å². The lowest BCUT2D eigenvalue weighted by Crippen LogP contribution is -2.41. The van der Waals surface area contributed by atoms with E-state index in [-0.39, 0.29) is 17.3 Å². The predicted molar refractivity (Wildman–Crippen MR) is 106 cm³/mol. The normalized spacial score (nSPS) is 13.7. The number of oxazole rings is 1. The van der Waals surface area contributed by atoms with Crippen LogP contribution in [0.25, 0.3) is 0 Å². The molecule has 0 aliphatic carbocycles. The van der Waals surface area contributed by atoms with E-state index in [1.165, 1.54) is 12.1 Å². The minimum Gasteiger partial charge on any atom is -0.443 e. The van der Waals surface area contributed by atoms with Crippen LogP contribution in [0.4, 0.5) is 4.39 Å². The highest BCUT2D eigenvalue weighted by Crippen LogP contribution is 2.22. The molecule has 6 nitrogen and oxygen atoms in total. The maximum Gasteiger partial charge on any atom is 0.213 e. The third-order valence-electron chi connectivity index (χ3n) is 4.26. The summed E-state index contributed by atoms with van der Waals surface area (Å²) < 4.78 is 19.0. The topological polar surface area (TPSA) is 65.7 Å². The molecule has 0 aliphatic rings. The average molecular weight is 375 g/mol. The standard InChI is InChI=1S/C20H30FN5O/c1-20(2,3)17-12-23-18(27-17)13-25-19(22-4)24-11-16(26(5)6)14-7-9-15(21)10-8-14/h7-10,12,16H,11,13H2,1-6H3,(H2,22,24,25). The van der Waals surface area contributed by atoms with Crippen LogP contribution in [0.5, 0.6) is 0 Å². The molecule has 148 valence electrons. The van der Waals surface area contributed by atoms with Gasteiger partial charge in [-0.1, -0.05) is 32.9 Å². The lowest BCUT2D eigenvalue weighted by atomic mass is 9.94. The van der Waals surface area contributed by atoms with Gasteiger partial charge in [0.25, 0.3) is 0 Å². The Morgan fingerprint density at radius 2 is 1.89 bits per heavy atom. The summed E-state index contributed by atoms with van der Waals surface area (Å²) in [7, 11) is 5.70. The molecule has 0 saturated heterocycles. The summed E-state index contributed by atoms with van der Waals surface area (Å²) in [5.74, 6) is 1.89. The summed E-state index contributed by atoms with van der Waals surface area (Å²) in [6.07, 6.45) is 1.77. The van der Waals surface area contributed by atoms with E-state index < -0.39 is 0 Å². The highest BCUT2D eigenvalue weighted by Gasteiger charge is 2.19. The largest absolute Gasteiger partial charge is 0.443 e. The number of aliphatic imine (C=N–C) groups is 1. The number of hydrogen-bond acceptors (Lipinski definition) is 4. The Kier molecular flexibility index (Phi) is 6.96. The second-order valence-corrected chi connectivity index (χ2v) is 7.71. The zero-order chi connectivity index (χ0) is 20.0. The summed E-state index contributed by atoms with van der Waals surface area (Å²) in [4.78, 5) is 10.6. The van der Waals surface area contributed by atoms with E-state index in [4.69, 9.17) is 4.42 Å². The molecule has 0 radical (unpaired) electrons. The number of halogens is 1. The number of guanidine groups is 1. The molecule has 2 rings (SSSR count). The Labute approximate surface area is 160 Å². The number of benzene rings is 1. The van der Waals surface area contributed by atoms with Crippen molar-refractivity contribution in [2.24, 2.45) is 4.99 Å². The number of aromatic nitrogens is 1. The van der Waals surface area contributed by atoms with Crippen LogP contribution in [-0.4, -0.2) is 43.5 Å². The minimum absolute atomic E-state index is 0.0702. The molecule has 0 spiro atoms. The van der Waals surface area contributed by atoms with Gasteiger partial charge in [0, 0.05) is 19.0 Å². The van der Waals surface area contributed by atoms with Gasteiger partial charge in [-0.05, 0) is 31.8 Å². The Hall–Kier alpha value is -2.41. The van der Waals surface area contributed by atoms with Gasteiger partial charge >= 0.3 is 0 Å². The molecule has 1 unspecified atom stereocenters. The molecule has 0 fully saturated rings.